The Morgan fingerprint density at radius 3 is 3.10 bits per heavy atom. The van der Waals surface area contributed by atoms with Gasteiger partial charge in [0.15, 0.2) is 5.58 Å². The maximum Gasteiger partial charge on any atom is 0.298 e. The Labute approximate surface area is 121 Å². The van der Waals surface area contributed by atoms with Crippen molar-refractivity contribution in [3.8, 4) is 0 Å². The van der Waals surface area contributed by atoms with E-state index in [-0.39, 0.29) is 11.7 Å². The topological polar surface area (TPSA) is 98.4 Å². The predicted molar refractivity (Wildman–Crippen MR) is 79.2 cm³/mol. The Morgan fingerprint density at radius 1 is 1.57 bits per heavy atom. The van der Waals surface area contributed by atoms with Crippen molar-refractivity contribution in [3.63, 3.8) is 0 Å². The summed E-state index contributed by atoms with van der Waals surface area (Å²) in [5.41, 5.74) is 6.96. The molecule has 2 aromatic rings. The highest BCUT2D eigenvalue weighted by atomic mass is 16.6. The van der Waals surface area contributed by atoms with E-state index >= 15 is 0 Å². The van der Waals surface area contributed by atoms with Gasteiger partial charge in [0.05, 0.1) is 4.92 Å². The molecular formula is C14H18N4O3. The standard InChI is InChI=1S/C14H18N4O3/c1-9-3-2-6-17(12(9)8-15)14-16-11-7-10(18(19)20)4-5-13(11)21-14/h4-5,7,9,12H,2-3,6,8,15H2,1H3. The van der Waals surface area contributed by atoms with E-state index in [0.717, 1.165) is 19.4 Å². The largest absolute Gasteiger partial charge is 0.423 e. The molecule has 112 valence electrons. The molecule has 0 amide bonds. The second kappa shape index (κ2) is 5.33. The number of fused-ring (bicyclic) bond motifs is 1. The number of rotatable bonds is 3. The molecule has 1 aliphatic heterocycles. The van der Waals surface area contributed by atoms with Crippen LogP contribution >= 0.6 is 0 Å². The van der Waals surface area contributed by atoms with Crippen LogP contribution < -0.4 is 10.6 Å². The van der Waals surface area contributed by atoms with Crippen molar-refractivity contribution in [2.75, 3.05) is 18.0 Å². The Hall–Kier alpha value is -2.15. The molecule has 0 spiro atoms. The van der Waals surface area contributed by atoms with Crippen LogP contribution in [0.1, 0.15) is 19.8 Å². The van der Waals surface area contributed by atoms with Gasteiger partial charge in [0.2, 0.25) is 0 Å². The summed E-state index contributed by atoms with van der Waals surface area (Å²) in [6.45, 7) is 3.57. The number of non-ortho nitro benzene ring substituents is 1. The van der Waals surface area contributed by atoms with Gasteiger partial charge in [0.1, 0.15) is 5.52 Å². The molecule has 0 aliphatic carbocycles. The van der Waals surface area contributed by atoms with Crippen LogP contribution in [0.25, 0.3) is 11.1 Å². The van der Waals surface area contributed by atoms with Crippen molar-refractivity contribution >= 4 is 22.8 Å². The summed E-state index contributed by atoms with van der Waals surface area (Å²) < 4.78 is 5.76. The van der Waals surface area contributed by atoms with Crippen LogP contribution in [-0.2, 0) is 0 Å². The minimum Gasteiger partial charge on any atom is -0.423 e. The number of nitro groups is 1. The minimum absolute atomic E-state index is 0.0183. The monoisotopic (exact) mass is 290 g/mol. The lowest BCUT2D eigenvalue weighted by molar-refractivity contribution is -0.384. The van der Waals surface area contributed by atoms with Gasteiger partial charge in [-0.25, -0.2) is 0 Å². The average molecular weight is 290 g/mol. The minimum atomic E-state index is -0.431. The number of oxazole rings is 1. The molecule has 0 saturated carbocycles. The third-order valence-corrected chi connectivity index (χ3v) is 4.17. The Bertz CT molecular complexity index is 669. The van der Waals surface area contributed by atoms with Gasteiger partial charge in [-0.05, 0) is 24.8 Å². The van der Waals surface area contributed by atoms with Gasteiger partial charge < -0.3 is 15.1 Å². The molecule has 1 aliphatic rings. The molecule has 3 rings (SSSR count). The summed E-state index contributed by atoms with van der Waals surface area (Å²) in [6.07, 6.45) is 2.21. The van der Waals surface area contributed by atoms with Crippen LogP contribution in [0.3, 0.4) is 0 Å². The Balaban J connectivity index is 1.98. The van der Waals surface area contributed by atoms with E-state index in [1.54, 1.807) is 6.07 Å². The molecule has 2 unspecified atom stereocenters. The second-order valence-corrected chi connectivity index (χ2v) is 5.52. The zero-order chi connectivity index (χ0) is 15.0. The van der Waals surface area contributed by atoms with Crippen LogP contribution in [-0.4, -0.2) is 29.0 Å². The number of anilines is 1. The highest BCUT2D eigenvalue weighted by Crippen LogP contribution is 2.31. The zero-order valence-electron chi connectivity index (χ0n) is 11.9. The fourth-order valence-electron chi connectivity index (χ4n) is 2.99. The molecule has 0 bridgehead atoms. The van der Waals surface area contributed by atoms with E-state index in [2.05, 4.69) is 16.8 Å². The summed E-state index contributed by atoms with van der Waals surface area (Å²) in [6, 6.07) is 5.16. The molecule has 7 nitrogen and oxygen atoms in total. The van der Waals surface area contributed by atoms with Crippen LogP contribution in [0.15, 0.2) is 22.6 Å². The van der Waals surface area contributed by atoms with Crippen molar-refractivity contribution < 1.29 is 9.34 Å². The van der Waals surface area contributed by atoms with E-state index in [9.17, 15) is 10.1 Å². The summed E-state index contributed by atoms with van der Waals surface area (Å²) in [7, 11) is 0. The van der Waals surface area contributed by atoms with Gasteiger partial charge in [-0.15, -0.1) is 0 Å². The van der Waals surface area contributed by atoms with Gasteiger partial charge in [-0.1, -0.05) is 6.92 Å². The summed E-state index contributed by atoms with van der Waals surface area (Å²) in [5.74, 6) is 0.480. The highest BCUT2D eigenvalue weighted by Gasteiger charge is 2.30. The molecular weight excluding hydrogens is 272 g/mol. The highest BCUT2D eigenvalue weighted by molar-refractivity contribution is 5.77. The summed E-state index contributed by atoms with van der Waals surface area (Å²) in [4.78, 5) is 16.9. The Morgan fingerprint density at radius 2 is 2.38 bits per heavy atom. The van der Waals surface area contributed by atoms with Gasteiger partial charge in [0, 0.05) is 31.3 Å². The maximum absolute atomic E-state index is 10.8. The molecule has 1 aromatic heterocycles. The van der Waals surface area contributed by atoms with E-state index in [1.165, 1.54) is 12.1 Å². The van der Waals surface area contributed by atoms with Crippen molar-refractivity contribution in [2.45, 2.75) is 25.8 Å². The molecule has 7 heteroatoms. The molecule has 1 aromatic carbocycles. The molecule has 2 heterocycles. The molecule has 0 radical (unpaired) electrons. The van der Waals surface area contributed by atoms with Gasteiger partial charge in [0.25, 0.3) is 11.7 Å². The van der Waals surface area contributed by atoms with Crippen molar-refractivity contribution in [1.29, 1.82) is 0 Å². The van der Waals surface area contributed by atoms with E-state index < -0.39 is 4.92 Å². The number of nitrogens with zero attached hydrogens (tertiary/aromatic N) is 3. The third-order valence-electron chi connectivity index (χ3n) is 4.17. The normalized spacial score (nSPS) is 22.7. The second-order valence-electron chi connectivity index (χ2n) is 5.52. The number of benzene rings is 1. The first-order valence-corrected chi connectivity index (χ1v) is 7.12. The van der Waals surface area contributed by atoms with Crippen LogP contribution in [0.4, 0.5) is 11.7 Å². The number of hydrogen-bond donors (Lipinski definition) is 1. The lowest BCUT2D eigenvalue weighted by Gasteiger charge is -2.38. The summed E-state index contributed by atoms with van der Waals surface area (Å²) >= 11 is 0. The molecule has 1 fully saturated rings. The lowest BCUT2D eigenvalue weighted by Crippen LogP contribution is -2.48. The van der Waals surface area contributed by atoms with E-state index in [4.69, 9.17) is 10.2 Å². The van der Waals surface area contributed by atoms with Crippen LogP contribution in [0.2, 0.25) is 0 Å². The fraction of sp³-hybridized carbons (Fsp3) is 0.500. The maximum atomic E-state index is 10.8. The molecule has 2 atom stereocenters. The number of hydrogen-bond acceptors (Lipinski definition) is 6. The van der Waals surface area contributed by atoms with Gasteiger partial charge in [-0.2, -0.15) is 4.98 Å². The quantitative estimate of drug-likeness (QED) is 0.688. The Kier molecular flexibility index (Phi) is 3.50. The van der Waals surface area contributed by atoms with Gasteiger partial charge >= 0.3 is 0 Å². The number of nitro benzene ring substituents is 1. The van der Waals surface area contributed by atoms with Crippen LogP contribution in [0.5, 0.6) is 0 Å². The first-order valence-electron chi connectivity index (χ1n) is 7.12. The SMILES string of the molecule is CC1CCCN(c2nc3cc([N+](=O)[O-])ccc3o2)C1CN. The van der Waals surface area contributed by atoms with Crippen molar-refractivity contribution in [3.05, 3.63) is 28.3 Å². The molecule has 1 saturated heterocycles. The summed E-state index contributed by atoms with van der Waals surface area (Å²) in [5, 5.41) is 10.8. The predicted octanol–water partition coefficient (Wildman–Crippen LogP) is 2.30. The molecule has 2 N–H and O–H groups in total. The average Bonchev–Trinajstić information content (AvgIpc) is 2.89. The lowest BCUT2D eigenvalue weighted by atomic mass is 9.91. The van der Waals surface area contributed by atoms with Crippen LogP contribution in [0, 0.1) is 16.0 Å². The van der Waals surface area contributed by atoms with Gasteiger partial charge in [-0.3, -0.25) is 10.1 Å². The zero-order valence-corrected chi connectivity index (χ0v) is 11.9. The third kappa shape index (κ3) is 2.44. The smallest absolute Gasteiger partial charge is 0.298 e. The van der Waals surface area contributed by atoms with E-state index in [0.29, 0.717) is 29.6 Å². The first kappa shape index (κ1) is 13.8. The molecule has 21 heavy (non-hydrogen) atoms. The fourth-order valence-corrected chi connectivity index (χ4v) is 2.99. The number of aromatic nitrogens is 1. The first-order chi connectivity index (χ1) is 10.1. The van der Waals surface area contributed by atoms with E-state index in [1.807, 2.05) is 0 Å². The number of nitrogens with two attached hydrogens (primary N) is 1. The van der Waals surface area contributed by atoms with Crippen molar-refractivity contribution in [1.82, 2.24) is 4.98 Å². The number of piperidine rings is 1. The van der Waals surface area contributed by atoms with Crippen molar-refractivity contribution in [2.24, 2.45) is 11.7 Å².